The Morgan fingerprint density at radius 3 is 2.93 bits per heavy atom. The molecule has 0 saturated heterocycles. The van der Waals surface area contributed by atoms with E-state index in [9.17, 15) is 9.59 Å². The van der Waals surface area contributed by atoms with Crippen molar-refractivity contribution in [2.45, 2.75) is 6.54 Å². The van der Waals surface area contributed by atoms with Gasteiger partial charge in [0.15, 0.2) is 5.69 Å². The lowest BCUT2D eigenvalue weighted by molar-refractivity contribution is -0.137. The number of hydrogen-bond acceptors (Lipinski definition) is 4. The van der Waals surface area contributed by atoms with Gasteiger partial charge in [-0.15, -0.1) is 11.3 Å². The molecular weight excluding hydrogens is 218 g/mol. The van der Waals surface area contributed by atoms with Crippen LogP contribution in [-0.4, -0.2) is 26.8 Å². The quantitative estimate of drug-likeness (QED) is 0.783. The molecule has 0 bridgehead atoms. The third-order valence-corrected chi connectivity index (χ3v) is 2.79. The van der Waals surface area contributed by atoms with Crippen LogP contribution in [0.1, 0.15) is 10.5 Å². The molecule has 6 nitrogen and oxygen atoms in total. The molecule has 1 amide bonds. The highest BCUT2D eigenvalue weighted by molar-refractivity contribution is 7.17. The van der Waals surface area contributed by atoms with E-state index >= 15 is 0 Å². The first-order chi connectivity index (χ1) is 7.09. The minimum Gasteiger partial charge on any atom is -0.480 e. The van der Waals surface area contributed by atoms with Crippen molar-refractivity contribution in [1.29, 1.82) is 0 Å². The van der Waals surface area contributed by atoms with E-state index < -0.39 is 11.9 Å². The van der Waals surface area contributed by atoms with E-state index in [-0.39, 0.29) is 12.2 Å². The molecule has 15 heavy (non-hydrogen) atoms. The highest BCUT2D eigenvalue weighted by Crippen LogP contribution is 2.24. The number of fused-ring (bicyclic) bond motifs is 1. The van der Waals surface area contributed by atoms with Crippen molar-refractivity contribution in [2.24, 2.45) is 5.73 Å². The van der Waals surface area contributed by atoms with E-state index in [0.717, 1.165) is 0 Å². The summed E-state index contributed by atoms with van der Waals surface area (Å²) in [5.41, 5.74) is 5.88. The van der Waals surface area contributed by atoms with Crippen molar-refractivity contribution in [3.63, 3.8) is 0 Å². The second-order valence-corrected chi connectivity index (χ2v) is 3.82. The van der Waals surface area contributed by atoms with E-state index in [4.69, 9.17) is 10.8 Å². The average molecular weight is 225 g/mol. The van der Waals surface area contributed by atoms with Crippen molar-refractivity contribution in [3.8, 4) is 0 Å². The predicted molar refractivity (Wildman–Crippen MR) is 53.8 cm³/mol. The van der Waals surface area contributed by atoms with Crippen LogP contribution in [0.2, 0.25) is 0 Å². The number of hydrogen-bond donors (Lipinski definition) is 2. The van der Waals surface area contributed by atoms with Crippen LogP contribution < -0.4 is 5.73 Å². The summed E-state index contributed by atoms with van der Waals surface area (Å²) in [4.78, 5) is 21.6. The standard InChI is InChI=1S/C8H7N3O3S/c9-8(14)6-7-4(1-2-15-7)11(10-6)3-5(12)13/h1-2H,3H2,(H2,9,14)(H,12,13). The molecule has 0 aliphatic carbocycles. The summed E-state index contributed by atoms with van der Waals surface area (Å²) in [6.07, 6.45) is 0. The molecule has 7 heteroatoms. The number of rotatable bonds is 3. The van der Waals surface area contributed by atoms with Crippen LogP contribution in [0.25, 0.3) is 10.2 Å². The van der Waals surface area contributed by atoms with Gasteiger partial charge in [-0.3, -0.25) is 14.3 Å². The second kappa shape index (κ2) is 3.35. The lowest BCUT2D eigenvalue weighted by atomic mass is 10.4. The van der Waals surface area contributed by atoms with Gasteiger partial charge in [0.05, 0.1) is 10.2 Å². The predicted octanol–water partition coefficient (Wildman–Crippen LogP) is 0.281. The molecule has 78 valence electrons. The minimum absolute atomic E-state index is 0.126. The van der Waals surface area contributed by atoms with Crippen molar-refractivity contribution in [1.82, 2.24) is 9.78 Å². The van der Waals surface area contributed by atoms with Crippen LogP contribution in [0, 0.1) is 0 Å². The van der Waals surface area contributed by atoms with E-state index in [1.807, 2.05) is 0 Å². The van der Waals surface area contributed by atoms with E-state index in [1.165, 1.54) is 16.0 Å². The summed E-state index contributed by atoms with van der Waals surface area (Å²) in [7, 11) is 0. The molecule has 0 aliphatic heterocycles. The number of carboxylic acid groups (broad SMARTS) is 1. The molecule has 0 fully saturated rings. The number of nitrogens with zero attached hydrogens (tertiary/aromatic N) is 2. The largest absolute Gasteiger partial charge is 0.480 e. The van der Waals surface area contributed by atoms with Crippen LogP contribution in [0.3, 0.4) is 0 Å². The lowest BCUT2D eigenvalue weighted by Gasteiger charge is -1.95. The Balaban J connectivity index is 2.60. The van der Waals surface area contributed by atoms with Crippen LogP contribution in [-0.2, 0) is 11.3 Å². The molecule has 0 spiro atoms. The van der Waals surface area contributed by atoms with Crippen LogP contribution in [0.5, 0.6) is 0 Å². The highest BCUT2D eigenvalue weighted by atomic mass is 32.1. The molecule has 2 rings (SSSR count). The summed E-state index contributed by atoms with van der Waals surface area (Å²) in [6, 6.07) is 1.71. The third-order valence-electron chi connectivity index (χ3n) is 1.88. The Hall–Kier alpha value is -1.89. The summed E-state index contributed by atoms with van der Waals surface area (Å²) < 4.78 is 1.89. The van der Waals surface area contributed by atoms with Crippen LogP contribution >= 0.6 is 11.3 Å². The molecule has 3 N–H and O–H groups in total. The fraction of sp³-hybridized carbons (Fsp3) is 0.125. The average Bonchev–Trinajstić information content (AvgIpc) is 2.66. The van der Waals surface area contributed by atoms with Gasteiger partial charge >= 0.3 is 5.97 Å². The van der Waals surface area contributed by atoms with Gasteiger partial charge in [-0.05, 0) is 11.4 Å². The number of thiophene rings is 1. The molecule has 0 saturated carbocycles. The Morgan fingerprint density at radius 2 is 2.33 bits per heavy atom. The summed E-state index contributed by atoms with van der Waals surface area (Å²) >= 11 is 1.31. The maximum absolute atomic E-state index is 11.0. The number of carbonyl (C=O) groups excluding carboxylic acids is 1. The number of aliphatic carboxylic acids is 1. The Labute approximate surface area is 87.9 Å². The lowest BCUT2D eigenvalue weighted by Crippen LogP contribution is -2.14. The topological polar surface area (TPSA) is 98.2 Å². The van der Waals surface area contributed by atoms with Gasteiger partial charge in [0.25, 0.3) is 5.91 Å². The number of nitrogens with two attached hydrogens (primary N) is 1. The monoisotopic (exact) mass is 225 g/mol. The summed E-state index contributed by atoms with van der Waals surface area (Å²) in [5, 5.41) is 14.3. The number of primary amides is 1. The maximum atomic E-state index is 11.0. The van der Waals surface area contributed by atoms with E-state index in [2.05, 4.69) is 5.10 Å². The molecule has 2 heterocycles. The molecule has 0 unspecified atom stereocenters. The van der Waals surface area contributed by atoms with Crippen molar-refractivity contribution in [2.75, 3.05) is 0 Å². The normalized spacial score (nSPS) is 10.7. The van der Waals surface area contributed by atoms with Gasteiger partial charge in [-0.1, -0.05) is 0 Å². The first kappa shape index (κ1) is 9.66. The van der Waals surface area contributed by atoms with Crippen molar-refractivity contribution in [3.05, 3.63) is 17.1 Å². The van der Waals surface area contributed by atoms with Gasteiger partial charge in [0.1, 0.15) is 6.54 Å². The molecule has 0 radical (unpaired) electrons. The van der Waals surface area contributed by atoms with Gasteiger partial charge < -0.3 is 10.8 Å². The highest BCUT2D eigenvalue weighted by Gasteiger charge is 2.16. The van der Waals surface area contributed by atoms with E-state index in [0.29, 0.717) is 10.2 Å². The Bertz CT molecular complexity index is 542. The number of carboxylic acids is 1. The number of amides is 1. The smallest absolute Gasteiger partial charge is 0.325 e. The molecule has 2 aromatic heterocycles. The summed E-state index contributed by atoms with van der Waals surface area (Å²) in [6.45, 7) is -0.277. The first-order valence-electron chi connectivity index (χ1n) is 4.05. The zero-order valence-corrected chi connectivity index (χ0v) is 8.32. The van der Waals surface area contributed by atoms with E-state index in [1.54, 1.807) is 11.4 Å². The zero-order chi connectivity index (χ0) is 11.0. The first-order valence-corrected chi connectivity index (χ1v) is 4.93. The molecule has 0 aliphatic rings. The summed E-state index contributed by atoms with van der Waals surface area (Å²) in [5.74, 6) is -1.66. The van der Waals surface area contributed by atoms with Gasteiger partial charge in [0.2, 0.25) is 0 Å². The number of carbonyl (C=O) groups is 2. The zero-order valence-electron chi connectivity index (χ0n) is 7.51. The van der Waals surface area contributed by atoms with Crippen molar-refractivity contribution < 1.29 is 14.7 Å². The molecular formula is C8H7N3O3S. The fourth-order valence-corrected chi connectivity index (χ4v) is 2.19. The Kier molecular flexibility index (Phi) is 2.16. The Morgan fingerprint density at radius 1 is 1.60 bits per heavy atom. The van der Waals surface area contributed by atoms with Crippen LogP contribution in [0.4, 0.5) is 0 Å². The van der Waals surface area contributed by atoms with Gasteiger partial charge in [0, 0.05) is 0 Å². The van der Waals surface area contributed by atoms with Gasteiger partial charge in [-0.25, -0.2) is 0 Å². The SMILES string of the molecule is NC(=O)c1nn(CC(=O)O)c2ccsc12. The fourth-order valence-electron chi connectivity index (χ4n) is 1.31. The van der Waals surface area contributed by atoms with Crippen molar-refractivity contribution >= 4 is 33.4 Å². The maximum Gasteiger partial charge on any atom is 0.325 e. The molecule has 0 aromatic carbocycles. The minimum atomic E-state index is -1.01. The van der Waals surface area contributed by atoms with Gasteiger partial charge in [-0.2, -0.15) is 5.10 Å². The number of aromatic nitrogens is 2. The molecule has 0 atom stereocenters. The molecule has 2 aromatic rings. The third kappa shape index (κ3) is 1.57. The second-order valence-electron chi connectivity index (χ2n) is 2.90. The van der Waals surface area contributed by atoms with Crippen LogP contribution in [0.15, 0.2) is 11.4 Å².